The van der Waals surface area contributed by atoms with Gasteiger partial charge in [-0.15, -0.1) is 0 Å². The molecule has 0 radical (unpaired) electrons. The molecule has 124 valence electrons. The van der Waals surface area contributed by atoms with Crippen molar-refractivity contribution in [3.8, 4) is 11.5 Å². The zero-order valence-corrected chi connectivity index (χ0v) is 13.3. The first kappa shape index (κ1) is 16.3. The predicted molar refractivity (Wildman–Crippen MR) is 95.3 cm³/mol. The lowest BCUT2D eigenvalue weighted by atomic mass is 10.0. The number of fused-ring (bicyclic) bond motifs is 1. The van der Waals surface area contributed by atoms with Crippen molar-refractivity contribution < 1.29 is 15.3 Å². The number of phenolic OH excluding ortho intramolecular Hbond substituents is 2. The number of aliphatic hydroxyl groups excluding tert-OH is 1. The van der Waals surface area contributed by atoms with Crippen LogP contribution in [-0.4, -0.2) is 28.4 Å². The van der Waals surface area contributed by atoms with E-state index in [9.17, 15) is 15.3 Å². The second kappa shape index (κ2) is 7.34. The van der Waals surface area contributed by atoms with Gasteiger partial charge in [0, 0.05) is 11.9 Å². The van der Waals surface area contributed by atoms with Crippen molar-refractivity contribution in [1.82, 2.24) is 5.32 Å². The first-order valence-corrected chi connectivity index (χ1v) is 8.02. The first-order chi connectivity index (χ1) is 11.6. The van der Waals surface area contributed by atoms with Gasteiger partial charge >= 0.3 is 0 Å². The largest absolute Gasteiger partial charge is 0.508 e. The molecule has 0 saturated carbocycles. The SMILES string of the molecule is Oc1ccc(C(O)CNCCc2ccc(O)c3ccccc23)cc1. The molecule has 0 aliphatic carbocycles. The van der Waals surface area contributed by atoms with Crippen LogP contribution < -0.4 is 5.32 Å². The number of benzene rings is 3. The molecule has 0 amide bonds. The van der Waals surface area contributed by atoms with Gasteiger partial charge in [-0.2, -0.15) is 0 Å². The lowest BCUT2D eigenvalue weighted by Gasteiger charge is -2.13. The Balaban J connectivity index is 1.57. The maximum absolute atomic E-state index is 10.1. The summed E-state index contributed by atoms with van der Waals surface area (Å²) in [4.78, 5) is 0. The van der Waals surface area contributed by atoms with Crippen LogP contribution in [0.25, 0.3) is 10.8 Å². The van der Waals surface area contributed by atoms with E-state index in [1.54, 1.807) is 30.3 Å². The Labute approximate surface area is 141 Å². The summed E-state index contributed by atoms with van der Waals surface area (Å²) < 4.78 is 0. The molecule has 0 fully saturated rings. The summed E-state index contributed by atoms with van der Waals surface area (Å²) in [6, 6.07) is 18.0. The zero-order valence-electron chi connectivity index (χ0n) is 13.3. The Bertz CT molecular complexity index is 815. The van der Waals surface area contributed by atoms with E-state index in [0.717, 1.165) is 34.9 Å². The highest BCUT2D eigenvalue weighted by atomic mass is 16.3. The summed E-state index contributed by atoms with van der Waals surface area (Å²) in [5.74, 6) is 0.489. The van der Waals surface area contributed by atoms with Crippen molar-refractivity contribution in [2.45, 2.75) is 12.5 Å². The zero-order chi connectivity index (χ0) is 16.9. The van der Waals surface area contributed by atoms with Crippen LogP contribution in [0.2, 0.25) is 0 Å². The summed E-state index contributed by atoms with van der Waals surface area (Å²) in [5, 5.41) is 34.5. The van der Waals surface area contributed by atoms with Gasteiger partial charge in [0.25, 0.3) is 0 Å². The Morgan fingerprint density at radius 3 is 2.29 bits per heavy atom. The van der Waals surface area contributed by atoms with Gasteiger partial charge in [-0.25, -0.2) is 0 Å². The normalized spacial score (nSPS) is 12.4. The van der Waals surface area contributed by atoms with Gasteiger partial charge in [-0.1, -0.05) is 42.5 Å². The van der Waals surface area contributed by atoms with Crippen molar-refractivity contribution in [2.75, 3.05) is 13.1 Å². The van der Waals surface area contributed by atoms with E-state index in [1.807, 2.05) is 30.3 Å². The van der Waals surface area contributed by atoms with Crippen LogP contribution in [0, 0.1) is 0 Å². The number of aromatic hydroxyl groups is 2. The average molecular weight is 323 g/mol. The van der Waals surface area contributed by atoms with Crippen molar-refractivity contribution in [3.05, 3.63) is 71.8 Å². The lowest BCUT2D eigenvalue weighted by Crippen LogP contribution is -2.23. The molecule has 0 aromatic heterocycles. The van der Waals surface area contributed by atoms with Gasteiger partial charge < -0.3 is 20.6 Å². The topological polar surface area (TPSA) is 72.7 Å². The number of phenols is 2. The molecule has 0 aliphatic heterocycles. The van der Waals surface area contributed by atoms with Gasteiger partial charge in [0.05, 0.1) is 6.10 Å². The van der Waals surface area contributed by atoms with E-state index in [1.165, 1.54) is 0 Å². The van der Waals surface area contributed by atoms with E-state index >= 15 is 0 Å². The first-order valence-electron chi connectivity index (χ1n) is 8.02. The van der Waals surface area contributed by atoms with Crippen LogP contribution in [0.1, 0.15) is 17.2 Å². The fourth-order valence-corrected chi connectivity index (χ4v) is 2.84. The maximum Gasteiger partial charge on any atom is 0.123 e. The van der Waals surface area contributed by atoms with Gasteiger partial charge in [-0.3, -0.25) is 0 Å². The molecule has 3 aromatic rings. The number of aliphatic hydroxyl groups is 1. The van der Waals surface area contributed by atoms with Crippen LogP contribution in [-0.2, 0) is 6.42 Å². The van der Waals surface area contributed by atoms with E-state index < -0.39 is 6.10 Å². The van der Waals surface area contributed by atoms with Gasteiger partial charge in [0.15, 0.2) is 0 Å². The van der Waals surface area contributed by atoms with Crippen LogP contribution in [0.5, 0.6) is 11.5 Å². The standard InChI is InChI=1S/C20H21NO3/c22-16-8-5-15(6-9-16)20(24)13-21-12-11-14-7-10-19(23)18-4-2-1-3-17(14)18/h1-10,20-24H,11-13H2. The molecule has 3 aromatic carbocycles. The number of rotatable bonds is 6. The summed E-state index contributed by atoms with van der Waals surface area (Å²) in [7, 11) is 0. The van der Waals surface area contributed by atoms with Crippen molar-refractivity contribution in [2.24, 2.45) is 0 Å². The highest BCUT2D eigenvalue weighted by Gasteiger charge is 2.08. The van der Waals surface area contributed by atoms with E-state index in [0.29, 0.717) is 12.3 Å². The van der Waals surface area contributed by atoms with E-state index in [2.05, 4.69) is 5.32 Å². The molecule has 4 N–H and O–H groups in total. The fraction of sp³-hybridized carbons (Fsp3) is 0.200. The Morgan fingerprint density at radius 2 is 1.54 bits per heavy atom. The molecule has 3 rings (SSSR count). The quantitative estimate of drug-likeness (QED) is 0.526. The summed E-state index contributed by atoms with van der Waals surface area (Å²) >= 11 is 0. The minimum absolute atomic E-state index is 0.193. The van der Waals surface area contributed by atoms with Crippen LogP contribution in [0.4, 0.5) is 0 Å². The summed E-state index contributed by atoms with van der Waals surface area (Å²) in [6.45, 7) is 1.17. The minimum atomic E-state index is -0.609. The van der Waals surface area contributed by atoms with Gasteiger partial charge in [-0.05, 0) is 47.7 Å². The minimum Gasteiger partial charge on any atom is -0.508 e. The second-order valence-electron chi connectivity index (χ2n) is 5.85. The predicted octanol–water partition coefficient (Wildman–Crippen LogP) is 3.12. The highest BCUT2D eigenvalue weighted by molar-refractivity contribution is 5.90. The third-order valence-corrected chi connectivity index (χ3v) is 4.18. The number of hydrogen-bond acceptors (Lipinski definition) is 4. The molecule has 1 atom stereocenters. The highest BCUT2D eigenvalue weighted by Crippen LogP contribution is 2.27. The lowest BCUT2D eigenvalue weighted by molar-refractivity contribution is 0.175. The molecule has 0 heterocycles. The summed E-state index contributed by atoms with van der Waals surface area (Å²) in [6.07, 6.45) is 0.200. The van der Waals surface area contributed by atoms with Gasteiger partial charge in [0.1, 0.15) is 11.5 Å². The third-order valence-electron chi connectivity index (χ3n) is 4.18. The summed E-state index contributed by atoms with van der Waals surface area (Å²) in [5.41, 5.74) is 1.94. The molecule has 4 nitrogen and oxygen atoms in total. The molecular weight excluding hydrogens is 302 g/mol. The molecule has 0 aliphatic rings. The molecule has 1 unspecified atom stereocenters. The van der Waals surface area contributed by atoms with Gasteiger partial charge in [0.2, 0.25) is 0 Å². The molecule has 0 saturated heterocycles. The van der Waals surface area contributed by atoms with E-state index in [4.69, 9.17) is 0 Å². The molecule has 4 heteroatoms. The fourth-order valence-electron chi connectivity index (χ4n) is 2.84. The second-order valence-corrected chi connectivity index (χ2v) is 5.85. The maximum atomic E-state index is 10.1. The monoisotopic (exact) mass is 323 g/mol. The van der Waals surface area contributed by atoms with Crippen molar-refractivity contribution >= 4 is 10.8 Å². The Morgan fingerprint density at radius 1 is 0.833 bits per heavy atom. The van der Waals surface area contributed by atoms with Crippen LogP contribution >= 0.6 is 0 Å². The third kappa shape index (κ3) is 3.67. The van der Waals surface area contributed by atoms with Crippen molar-refractivity contribution in [1.29, 1.82) is 0 Å². The Kier molecular flexibility index (Phi) is 4.99. The smallest absolute Gasteiger partial charge is 0.123 e. The number of nitrogens with one attached hydrogen (secondary N) is 1. The molecular formula is C20H21NO3. The molecule has 24 heavy (non-hydrogen) atoms. The van der Waals surface area contributed by atoms with Crippen molar-refractivity contribution in [3.63, 3.8) is 0 Å². The average Bonchev–Trinajstić information content (AvgIpc) is 2.61. The molecule has 0 bridgehead atoms. The van der Waals surface area contributed by atoms with Crippen LogP contribution in [0.3, 0.4) is 0 Å². The van der Waals surface area contributed by atoms with E-state index in [-0.39, 0.29) is 5.75 Å². The van der Waals surface area contributed by atoms with Crippen LogP contribution in [0.15, 0.2) is 60.7 Å². The number of hydrogen-bond donors (Lipinski definition) is 4. The Hall–Kier alpha value is -2.56. The molecule has 0 spiro atoms.